The molecule has 0 aromatic heterocycles. The molecule has 5 heteroatoms. The zero-order valence-electron chi connectivity index (χ0n) is 12.6. The van der Waals surface area contributed by atoms with Gasteiger partial charge in [-0.3, -0.25) is 4.90 Å². The van der Waals surface area contributed by atoms with Gasteiger partial charge in [-0.05, 0) is 37.7 Å². The van der Waals surface area contributed by atoms with Gasteiger partial charge in [0.05, 0.1) is 24.3 Å². The zero-order valence-corrected chi connectivity index (χ0v) is 12.6. The fourth-order valence-corrected chi connectivity index (χ4v) is 2.74. The smallest absolute Gasteiger partial charge is 0.140 e. The number of nitrogens with zero attached hydrogens (tertiary/aromatic N) is 2. The minimum Gasteiger partial charge on any atom is -0.374 e. The van der Waals surface area contributed by atoms with Crippen LogP contribution < -0.4 is 5.32 Å². The van der Waals surface area contributed by atoms with Crippen LogP contribution in [0.4, 0.5) is 4.39 Å². The van der Waals surface area contributed by atoms with Crippen LogP contribution in [0, 0.1) is 17.1 Å². The molecule has 0 radical (unpaired) electrons. The van der Waals surface area contributed by atoms with Gasteiger partial charge in [0.25, 0.3) is 0 Å². The van der Waals surface area contributed by atoms with E-state index in [-0.39, 0.29) is 17.7 Å². The first-order valence-electron chi connectivity index (χ1n) is 7.39. The summed E-state index contributed by atoms with van der Waals surface area (Å²) in [4.78, 5) is 2.20. The summed E-state index contributed by atoms with van der Waals surface area (Å²) in [5, 5.41) is 12.4. The van der Waals surface area contributed by atoms with Gasteiger partial charge in [0.1, 0.15) is 11.9 Å². The molecular formula is C16H22FN3O. The van der Waals surface area contributed by atoms with E-state index in [0.717, 1.165) is 31.6 Å². The Morgan fingerprint density at radius 3 is 3.05 bits per heavy atom. The SMILES string of the molecule is CCCNCC1OCCN(C)C1c1ccc(F)c(C#N)c1. The first-order valence-corrected chi connectivity index (χ1v) is 7.39. The van der Waals surface area contributed by atoms with Crippen LogP contribution in [0.3, 0.4) is 0 Å². The van der Waals surface area contributed by atoms with Gasteiger partial charge in [-0.1, -0.05) is 13.0 Å². The number of likely N-dealkylation sites (N-methyl/N-ethyl adjacent to an activating group) is 1. The third kappa shape index (κ3) is 3.79. The number of benzene rings is 1. The Kier molecular flexibility index (Phi) is 5.68. The summed E-state index contributed by atoms with van der Waals surface area (Å²) in [5.41, 5.74) is 1.02. The molecule has 2 rings (SSSR count). The first kappa shape index (κ1) is 15.9. The predicted molar refractivity (Wildman–Crippen MR) is 79.4 cm³/mol. The van der Waals surface area contributed by atoms with Gasteiger partial charge in [0, 0.05) is 13.1 Å². The second-order valence-electron chi connectivity index (χ2n) is 5.39. The van der Waals surface area contributed by atoms with E-state index in [2.05, 4.69) is 17.1 Å². The summed E-state index contributed by atoms with van der Waals surface area (Å²) in [6, 6.07) is 6.70. The molecule has 0 saturated carbocycles. The van der Waals surface area contributed by atoms with Crippen molar-refractivity contribution in [3.05, 3.63) is 35.1 Å². The van der Waals surface area contributed by atoms with Crippen molar-refractivity contribution in [2.45, 2.75) is 25.5 Å². The van der Waals surface area contributed by atoms with Crippen molar-refractivity contribution in [3.8, 4) is 6.07 Å². The van der Waals surface area contributed by atoms with Gasteiger partial charge in [0.15, 0.2) is 0 Å². The molecule has 0 aliphatic carbocycles. The minimum absolute atomic E-state index is 0.00676. The summed E-state index contributed by atoms with van der Waals surface area (Å²) < 4.78 is 19.4. The summed E-state index contributed by atoms with van der Waals surface area (Å²) >= 11 is 0. The van der Waals surface area contributed by atoms with Crippen LogP contribution in [-0.4, -0.2) is 44.3 Å². The Labute approximate surface area is 125 Å². The van der Waals surface area contributed by atoms with Crippen molar-refractivity contribution in [3.63, 3.8) is 0 Å². The van der Waals surface area contributed by atoms with E-state index in [4.69, 9.17) is 10.00 Å². The van der Waals surface area contributed by atoms with Gasteiger partial charge in [-0.2, -0.15) is 5.26 Å². The molecule has 1 aliphatic rings. The Morgan fingerprint density at radius 1 is 1.52 bits per heavy atom. The first-order chi connectivity index (χ1) is 10.2. The van der Waals surface area contributed by atoms with Crippen molar-refractivity contribution in [2.24, 2.45) is 0 Å². The average molecular weight is 291 g/mol. The number of hydrogen-bond donors (Lipinski definition) is 1. The fraction of sp³-hybridized carbons (Fsp3) is 0.562. The highest BCUT2D eigenvalue weighted by molar-refractivity contribution is 5.36. The van der Waals surface area contributed by atoms with Crippen molar-refractivity contribution < 1.29 is 9.13 Å². The zero-order chi connectivity index (χ0) is 15.2. The second kappa shape index (κ2) is 7.51. The van der Waals surface area contributed by atoms with Crippen LogP contribution in [0.15, 0.2) is 18.2 Å². The van der Waals surface area contributed by atoms with Gasteiger partial charge < -0.3 is 10.1 Å². The van der Waals surface area contributed by atoms with Crippen molar-refractivity contribution in [2.75, 3.05) is 33.3 Å². The molecule has 2 unspecified atom stereocenters. The molecule has 114 valence electrons. The molecule has 0 spiro atoms. The standard InChI is InChI=1S/C16H22FN3O/c1-3-6-19-11-15-16(20(2)7-8-21-15)12-4-5-14(17)13(9-12)10-18/h4-5,9,15-16,19H,3,6-8,11H2,1-2H3. The number of nitriles is 1. The van der Waals surface area contributed by atoms with Crippen molar-refractivity contribution in [1.82, 2.24) is 10.2 Å². The number of ether oxygens (including phenoxy) is 1. The Hall–Kier alpha value is -1.48. The maximum atomic E-state index is 13.5. The lowest BCUT2D eigenvalue weighted by Gasteiger charge is -2.39. The Balaban J connectivity index is 2.21. The molecule has 1 aliphatic heterocycles. The fourth-order valence-electron chi connectivity index (χ4n) is 2.74. The van der Waals surface area contributed by atoms with Crippen LogP contribution >= 0.6 is 0 Å². The highest BCUT2D eigenvalue weighted by Gasteiger charge is 2.31. The molecule has 1 heterocycles. The molecule has 21 heavy (non-hydrogen) atoms. The quantitative estimate of drug-likeness (QED) is 0.844. The molecule has 1 aromatic carbocycles. The van der Waals surface area contributed by atoms with E-state index < -0.39 is 5.82 Å². The topological polar surface area (TPSA) is 48.3 Å². The summed E-state index contributed by atoms with van der Waals surface area (Å²) in [6.45, 7) is 5.34. The number of nitrogens with one attached hydrogen (secondary N) is 1. The van der Waals surface area contributed by atoms with E-state index in [9.17, 15) is 4.39 Å². The Bertz CT molecular complexity index is 515. The number of rotatable bonds is 5. The van der Waals surface area contributed by atoms with Gasteiger partial charge in [-0.25, -0.2) is 4.39 Å². The van der Waals surface area contributed by atoms with Gasteiger partial charge in [0.2, 0.25) is 0 Å². The number of hydrogen-bond acceptors (Lipinski definition) is 4. The molecule has 0 amide bonds. The molecule has 1 N–H and O–H groups in total. The van der Waals surface area contributed by atoms with E-state index in [1.807, 2.05) is 13.1 Å². The third-order valence-corrected chi connectivity index (χ3v) is 3.83. The lowest BCUT2D eigenvalue weighted by molar-refractivity contribution is -0.0613. The monoisotopic (exact) mass is 291 g/mol. The van der Waals surface area contributed by atoms with Crippen LogP contribution in [-0.2, 0) is 4.74 Å². The lowest BCUT2D eigenvalue weighted by atomic mass is 9.96. The molecule has 4 nitrogen and oxygen atoms in total. The third-order valence-electron chi connectivity index (χ3n) is 3.83. The van der Waals surface area contributed by atoms with Crippen LogP contribution in [0.5, 0.6) is 0 Å². The molecule has 1 aromatic rings. The summed E-state index contributed by atoms with van der Waals surface area (Å²) in [7, 11) is 2.04. The highest BCUT2D eigenvalue weighted by atomic mass is 19.1. The highest BCUT2D eigenvalue weighted by Crippen LogP contribution is 2.29. The maximum Gasteiger partial charge on any atom is 0.140 e. The second-order valence-corrected chi connectivity index (χ2v) is 5.39. The lowest BCUT2D eigenvalue weighted by Crippen LogP contribution is -2.47. The molecule has 2 atom stereocenters. The number of halogens is 1. The molecule has 1 fully saturated rings. The van der Waals surface area contributed by atoms with Crippen molar-refractivity contribution >= 4 is 0 Å². The Morgan fingerprint density at radius 2 is 2.33 bits per heavy atom. The summed E-state index contributed by atoms with van der Waals surface area (Å²) in [5.74, 6) is -0.471. The van der Waals surface area contributed by atoms with Crippen LogP contribution in [0.1, 0.15) is 30.5 Å². The van der Waals surface area contributed by atoms with Gasteiger partial charge >= 0.3 is 0 Å². The molecule has 1 saturated heterocycles. The van der Waals surface area contributed by atoms with E-state index in [0.29, 0.717) is 6.61 Å². The predicted octanol–water partition coefficient (Wildman–Crippen LogP) is 2.07. The van der Waals surface area contributed by atoms with E-state index >= 15 is 0 Å². The normalized spacial score (nSPS) is 23.0. The largest absolute Gasteiger partial charge is 0.374 e. The average Bonchev–Trinajstić information content (AvgIpc) is 2.49. The van der Waals surface area contributed by atoms with E-state index in [1.165, 1.54) is 6.07 Å². The van der Waals surface area contributed by atoms with Gasteiger partial charge in [-0.15, -0.1) is 0 Å². The van der Waals surface area contributed by atoms with Crippen molar-refractivity contribution in [1.29, 1.82) is 5.26 Å². The van der Waals surface area contributed by atoms with E-state index in [1.54, 1.807) is 12.1 Å². The molecule has 0 bridgehead atoms. The maximum absolute atomic E-state index is 13.5. The number of morpholine rings is 1. The minimum atomic E-state index is -0.471. The van der Waals surface area contributed by atoms with Crippen LogP contribution in [0.25, 0.3) is 0 Å². The van der Waals surface area contributed by atoms with Crippen LogP contribution in [0.2, 0.25) is 0 Å². The summed E-state index contributed by atoms with van der Waals surface area (Å²) in [6.07, 6.45) is 1.08. The molecular weight excluding hydrogens is 269 g/mol.